The van der Waals surface area contributed by atoms with E-state index in [0.717, 1.165) is 5.56 Å². The van der Waals surface area contributed by atoms with Crippen LogP contribution in [0.25, 0.3) is 0 Å². The monoisotopic (exact) mass is 393 g/mol. The molecule has 148 valence electrons. The molecule has 2 aromatic carbocycles. The van der Waals surface area contributed by atoms with Crippen LogP contribution < -0.4 is 10.6 Å². The van der Waals surface area contributed by atoms with E-state index in [0.29, 0.717) is 35.8 Å². The van der Waals surface area contributed by atoms with Crippen molar-refractivity contribution in [3.8, 4) is 0 Å². The number of benzene rings is 2. The molecular formula is C22H20FN3O3. The summed E-state index contributed by atoms with van der Waals surface area (Å²) in [7, 11) is 0. The highest BCUT2D eigenvalue weighted by Crippen LogP contribution is 2.13. The summed E-state index contributed by atoms with van der Waals surface area (Å²) in [5.41, 5.74) is 2.29. The number of amides is 1. The van der Waals surface area contributed by atoms with Crippen molar-refractivity contribution < 1.29 is 18.7 Å². The fourth-order valence-corrected chi connectivity index (χ4v) is 2.53. The van der Waals surface area contributed by atoms with Gasteiger partial charge in [-0.1, -0.05) is 12.1 Å². The number of hydrogen-bond donors (Lipinski definition) is 2. The molecule has 7 heteroatoms. The minimum atomic E-state index is -0.404. The third-order valence-corrected chi connectivity index (χ3v) is 4.07. The Balaban J connectivity index is 1.55. The second-order valence-corrected chi connectivity index (χ2v) is 6.16. The van der Waals surface area contributed by atoms with Crippen molar-refractivity contribution in [2.75, 3.05) is 17.2 Å². The fourth-order valence-electron chi connectivity index (χ4n) is 2.53. The number of anilines is 2. The van der Waals surface area contributed by atoms with Crippen LogP contribution in [0.15, 0.2) is 66.9 Å². The maximum atomic E-state index is 12.9. The first kappa shape index (κ1) is 20.0. The number of nitrogens with zero attached hydrogens (tertiary/aromatic N) is 1. The molecule has 0 aliphatic heterocycles. The lowest BCUT2D eigenvalue weighted by molar-refractivity contribution is 0.0526. The Morgan fingerprint density at radius 1 is 0.966 bits per heavy atom. The molecule has 0 aliphatic carbocycles. The maximum absolute atomic E-state index is 12.9. The third kappa shape index (κ3) is 5.62. The number of carbonyl (C=O) groups excluding carboxylic acids is 2. The second-order valence-electron chi connectivity index (χ2n) is 6.16. The predicted octanol–water partition coefficient (Wildman–Crippen LogP) is 4.26. The van der Waals surface area contributed by atoms with E-state index >= 15 is 0 Å². The molecule has 0 atom stereocenters. The highest BCUT2D eigenvalue weighted by molar-refractivity contribution is 6.04. The van der Waals surface area contributed by atoms with E-state index in [-0.39, 0.29) is 11.7 Å². The summed E-state index contributed by atoms with van der Waals surface area (Å²) in [5, 5.41) is 5.87. The molecule has 0 unspecified atom stereocenters. The fraction of sp³-hybridized carbons (Fsp3) is 0.136. The third-order valence-electron chi connectivity index (χ3n) is 4.07. The molecule has 0 aliphatic rings. The van der Waals surface area contributed by atoms with E-state index in [1.54, 1.807) is 55.5 Å². The molecule has 0 fully saturated rings. The summed E-state index contributed by atoms with van der Waals surface area (Å²) >= 11 is 0. The van der Waals surface area contributed by atoms with Crippen molar-refractivity contribution in [3.63, 3.8) is 0 Å². The number of hydrogen-bond acceptors (Lipinski definition) is 5. The second kappa shape index (κ2) is 9.45. The summed E-state index contributed by atoms with van der Waals surface area (Å²) in [6, 6.07) is 16.0. The van der Waals surface area contributed by atoms with Crippen molar-refractivity contribution in [2.24, 2.45) is 0 Å². The number of pyridine rings is 1. The van der Waals surface area contributed by atoms with Gasteiger partial charge in [-0.2, -0.15) is 0 Å². The van der Waals surface area contributed by atoms with Crippen molar-refractivity contribution in [1.82, 2.24) is 4.98 Å². The van der Waals surface area contributed by atoms with Crippen LogP contribution in [0.3, 0.4) is 0 Å². The molecule has 3 rings (SSSR count). The first-order chi connectivity index (χ1) is 14.0. The highest BCUT2D eigenvalue weighted by Gasteiger charge is 2.09. The van der Waals surface area contributed by atoms with Gasteiger partial charge in [-0.3, -0.25) is 4.79 Å². The molecule has 1 heterocycles. The smallest absolute Gasteiger partial charge is 0.338 e. The molecule has 3 aromatic rings. The van der Waals surface area contributed by atoms with Crippen LogP contribution in [-0.4, -0.2) is 23.5 Å². The van der Waals surface area contributed by atoms with Crippen LogP contribution in [0, 0.1) is 5.82 Å². The van der Waals surface area contributed by atoms with Gasteiger partial charge in [0.25, 0.3) is 5.91 Å². The summed E-state index contributed by atoms with van der Waals surface area (Å²) in [6.45, 7) is 2.54. The van der Waals surface area contributed by atoms with Crippen molar-refractivity contribution in [2.45, 2.75) is 13.5 Å². The van der Waals surface area contributed by atoms with E-state index in [9.17, 15) is 14.0 Å². The number of ether oxygens (including phenoxy) is 1. The normalized spacial score (nSPS) is 10.3. The lowest BCUT2D eigenvalue weighted by Gasteiger charge is -2.08. The molecule has 29 heavy (non-hydrogen) atoms. The highest BCUT2D eigenvalue weighted by atomic mass is 19.1. The summed E-state index contributed by atoms with van der Waals surface area (Å²) in [5.74, 6) is -0.396. The molecule has 0 radical (unpaired) electrons. The van der Waals surface area contributed by atoms with Crippen LogP contribution >= 0.6 is 0 Å². The van der Waals surface area contributed by atoms with E-state index in [1.807, 2.05) is 0 Å². The van der Waals surface area contributed by atoms with Crippen LogP contribution in [0.4, 0.5) is 15.9 Å². The molecule has 0 spiro atoms. The van der Waals surface area contributed by atoms with E-state index in [1.165, 1.54) is 18.3 Å². The molecule has 6 nitrogen and oxygen atoms in total. The Kier molecular flexibility index (Phi) is 6.52. The van der Waals surface area contributed by atoms with Crippen molar-refractivity contribution in [1.29, 1.82) is 0 Å². The number of esters is 1. The van der Waals surface area contributed by atoms with Crippen LogP contribution in [-0.2, 0) is 11.3 Å². The van der Waals surface area contributed by atoms with Gasteiger partial charge >= 0.3 is 5.97 Å². The van der Waals surface area contributed by atoms with Gasteiger partial charge in [-0.25, -0.2) is 14.2 Å². The Hall–Kier alpha value is -3.74. The van der Waals surface area contributed by atoms with Crippen LogP contribution in [0.5, 0.6) is 0 Å². The Morgan fingerprint density at radius 3 is 2.28 bits per heavy atom. The molecule has 0 saturated heterocycles. The minimum absolute atomic E-state index is 0.280. The Labute approximate surface area is 167 Å². The average Bonchev–Trinajstić information content (AvgIpc) is 2.74. The molecule has 0 saturated carbocycles. The van der Waals surface area contributed by atoms with E-state index in [2.05, 4.69) is 15.6 Å². The maximum Gasteiger partial charge on any atom is 0.338 e. The first-order valence-electron chi connectivity index (χ1n) is 9.08. The quantitative estimate of drug-likeness (QED) is 0.586. The van der Waals surface area contributed by atoms with Gasteiger partial charge in [-0.05, 0) is 61.0 Å². The van der Waals surface area contributed by atoms with Crippen LogP contribution in [0.2, 0.25) is 0 Å². The molecule has 1 amide bonds. The van der Waals surface area contributed by atoms with Gasteiger partial charge in [-0.15, -0.1) is 0 Å². The topological polar surface area (TPSA) is 80.3 Å². The predicted molar refractivity (Wildman–Crippen MR) is 108 cm³/mol. The molecule has 1 aromatic heterocycles. The summed E-state index contributed by atoms with van der Waals surface area (Å²) in [6.07, 6.45) is 1.47. The largest absolute Gasteiger partial charge is 0.462 e. The number of halogens is 1. The van der Waals surface area contributed by atoms with Gasteiger partial charge in [0.1, 0.15) is 11.6 Å². The summed E-state index contributed by atoms with van der Waals surface area (Å²) in [4.78, 5) is 28.2. The zero-order valence-corrected chi connectivity index (χ0v) is 15.8. The SMILES string of the molecule is CCOC(=O)c1ccc(NC(=O)c2ccc(NCc3ccc(F)cc3)nc2)cc1. The molecular weight excluding hydrogens is 373 g/mol. The average molecular weight is 393 g/mol. The summed E-state index contributed by atoms with van der Waals surface area (Å²) < 4.78 is 17.8. The van der Waals surface area contributed by atoms with Crippen LogP contribution in [0.1, 0.15) is 33.2 Å². The Morgan fingerprint density at radius 2 is 1.66 bits per heavy atom. The lowest BCUT2D eigenvalue weighted by Crippen LogP contribution is -2.13. The number of nitrogens with one attached hydrogen (secondary N) is 2. The Bertz CT molecular complexity index is 972. The van der Waals surface area contributed by atoms with Crippen molar-refractivity contribution in [3.05, 3.63) is 89.4 Å². The minimum Gasteiger partial charge on any atom is -0.462 e. The van der Waals surface area contributed by atoms with Crippen molar-refractivity contribution >= 4 is 23.4 Å². The first-order valence-corrected chi connectivity index (χ1v) is 9.08. The lowest BCUT2D eigenvalue weighted by atomic mass is 10.2. The van der Waals surface area contributed by atoms with E-state index < -0.39 is 5.97 Å². The van der Waals surface area contributed by atoms with E-state index in [4.69, 9.17) is 4.74 Å². The molecule has 2 N–H and O–H groups in total. The number of aromatic nitrogens is 1. The standard InChI is InChI=1S/C22H20FN3O3/c1-2-29-22(28)16-5-10-19(11-6-16)26-21(27)17-7-12-20(25-14-17)24-13-15-3-8-18(23)9-4-15/h3-12,14H,2,13H2,1H3,(H,24,25)(H,26,27). The molecule has 0 bridgehead atoms. The zero-order valence-electron chi connectivity index (χ0n) is 15.8. The van der Waals surface area contributed by atoms with Gasteiger partial charge in [0.2, 0.25) is 0 Å². The van der Waals surface area contributed by atoms with Gasteiger partial charge in [0.15, 0.2) is 0 Å². The van der Waals surface area contributed by atoms with Gasteiger partial charge in [0, 0.05) is 18.4 Å². The van der Waals surface area contributed by atoms with Gasteiger partial charge in [0.05, 0.1) is 17.7 Å². The number of rotatable bonds is 7. The zero-order chi connectivity index (χ0) is 20.6. The van der Waals surface area contributed by atoms with Gasteiger partial charge < -0.3 is 15.4 Å². The number of carbonyl (C=O) groups is 2.